The second-order valence-electron chi connectivity index (χ2n) is 14.3. The molecule has 0 saturated heterocycles. The first-order valence-corrected chi connectivity index (χ1v) is 20.5. The Kier molecular flexibility index (Phi) is 30.7. The lowest BCUT2D eigenvalue weighted by atomic mass is 10.0. The van der Waals surface area contributed by atoms with E-state index in [-0.39, 0.29) is 0 Å². The summed E-state index contributed by atoms with van der Waals surface area (Å²) in [7, 11) is 0. The molecule has 0 spiro atoms. The van der Waals surface area contributed by atoms with Gasteiger partial charge in [-0.2, -0.15) is 0 Å². The molecule has 0 aromatic carbocycles. The summed E-state index contributed by atoms with van der Waals surface area (Å²) in [5.74, 6) is 0. The molecule has 1 aliphatic rings. The van der Waals surface area contributed by atoms with E-state index < -0.39 is 0 Å². The molecule has 256 valence electrons. The van der Waals surface area contributed by atoms with Crippen molar-refractivity contribution < 1.29 is 0 Å². The van der Waals surface area contributed by atoms with Crippen molar-refractivity contribution in [2.24, 2.45) is 0 Å². The highest BCUT2D eigenvalue weighted by atomic mass is 15.4. The Bertz CT molecular complexity index is 558. The molecule has 1 unspecified atom stereocenters. The van der Waals surface area contributed by atoms with Crippen LogP contribution >= 0.6 is 0 Å². The maximum atomic E-state index is 2.72. The molecule has 0 radical (unpaired) electrons. The van der Waals surface area contributed by atoms with Crippen LogP contribution in [0.4, 0.5) is 0 Å². The minimum atomic E-state index is 0.639. The lowest BCUT2D eigenvalue weighted by Gasteiger charge is -2.33. The van der Waals surface area contributed by atoms with Crippen LogP contribution in [0.15, 0.2) is 12.4 Å². The average Bonchev–Trinajstić information content (AvgIpc) is 3.40. The fourth-order valence-electron chi connectivity index (χ4n) is 7.07. The van der Waals surface area contributed by atoms with E-state index in [2.05, 4.69) is 43.0 Å². The van der Waals surface area contributed by atoms with Gasteiger partial charge in [0, 0.05) is 25.5 Å². The predicted octanol–water partition coefficient (Wildman–Crippen LogP) is 14.3. The third-order valence-corrected chi connectivity index (χ3v) is 10.1. The van der Waals surface area contributed by atoms with Gasteiger partial charge in [-0.05, 0) is 25.7 Å². The quantitative estimate of drug-likeness (QED) is 0.0666. The zero-order valence-electron chi connectivity index (χ0n) is 30.4. The Morgan fingerprint density at radius 3 is 0.814 bits per heavy atom. The number of nitrogens with zero attached hydrogens (tertiary/aromatic N) is 2. The monoisotopic (exact) mass is 603 g/mol. The number of rotatable bonds is 35. The largest absolute Gasteiger partial charge is 0.356 e. The van der Waals surface area contributed by atoms with Crippen molar-refractivity contribution in [3.05, 3.63) is 12.4 Å². The van der Waals surface area contributed by atoms with E-state index in [1.807, 2.05) is 0 Å². The molecule has 0 fully saturated rings. The van der Waals surface area contributed by atoms with Crippen LogP contribution < -0.4 is 0 Å². The topological polar surface area (TPSA) is 6.48 Å². The highest BCUT2D eigenvalue weighted by molar-refractivity contribution is 4.97. The van der Waals surface area contributed by atoms with Gasteiger partial charge >= 0.3 is 0 Å². The summed E-state index contributed by atoms with van der Waals surface area (Å²) in [4.78, 5) is 5.44. The summed E-state index contributed by atoms with van der Waals surface area (Å²) < 4.78 is 0. The van der Waals surface area contributed by atoms with E-state index in [0.29, 0.717) is 6.17 Å². The molecule has 0 aliphatic carbocycles. The van der Waals surface area contributed by atoms with Crippen LogP contribution in [0.2, 0.25) is 0 Å². The van der Waals surface area contributed by atoms with Gasteiger partial charge in [0.1, 0.15) is 6.17 Å². The molecule has 0 aromatic rings. The maximum Gasteiger partial charge on any atom is 0.101 e. The third kappa shape index (κ3) is 25.2. The molecule has 1 heterocycles. The molecular weight excluding hydrogens is 520 g/mol. The van der Waals surface area contributed by atoms with Gasteiger partial charge in [-0.25, -0.2) is 0 Å². The molecule has 1 aliphatic heterocycles. The van der Waals surface area contributed by atoms with Crippen molar-refractivity contribution in [2.75, 3.05) is 13.1 Å². The Labute approximate surface area is 273 Å². The smallest absolute Gasteiger partial charge is 0.101 e. The average molecular weight is 603 g/mol. The fraction of sp³-hybridized carbons (Fsp3) is 0.951. The Morgan fingerprint density at radius 1 is 0.302 bits per heavy atom. The second kappa shape index (κ2) is 32.7. The molecular formula is C41H82N2. The summed E-state index contributed by atoms with van der Waals surface area (Å²) in [6, 6.07) is 0. The molecule has 43 heavy (non-hydrogen) atoms. The van der Waals surface area contributed by atoms with Crippen molar-refractivity contribution in [1.29, 1.82) is 0 Å². The highest BCUT2D eigenvalue weighted by Crippen LogP contribution is 2.24. The van der Waals surface area contributed by atoms with Crippen LogP contribution in [-0.2, 0) is 0 Å². The molecule has 0 N–H and O–H groups in total. The van der Waals surface area contributed by atoms with Gasteiger partial charge in [0.25, 0.3) is 0 Å². The number of unbranched alkanes of at least 4 members (excludes halogenated alkanes) is 29. The van der Waals surface area contributed by atoms with Crippen LogP contribution in [0.3, 0.4) is 0 Å². The number of hydrogen-bond donors (Lipinski definition) is 0. The molecule has 2 heteroatoms. The minimum Gasteiger partial charge on any atom is -0.356 e. The summed E-state index contributed by atoms with van der Waals surface area (Å²) >= 11 is 0. The molecule has 1 atom stereocenters. The first-order valence-electron chi connectivity index (χ1n) is 20.5. The summed E-state index contributed by atoms with van der Waals surface area (Å²) in [6.45, 7) is 9.48. The summed E-state index contributed by atoms with van der Waals surface area (Å²) in [5.41, 5.74) is 0. The van der Waals surface area contributed by atoms with Crippen LogP contribution in [0.5, 0.6) is 0 Å². The van der Waals surface area contributed by atoms with Crippen molar-refractivity contribution in [3.63, 3.8) is 0 Å². The normalized spacial score (nSPS) is 14.9. The zero-order chi connectivity index (χ0) is 30.9. The Hall–Kier alpha value is -0.660. The fourth-order valence-corrected chi connectivity index (χ4v) is 7.07. The Balaban J connectivity index is 2.19. The van der Waals surface area contributed by atoms with Crippen molar-refractivity contribution in [2.45, 2.75) is 239 Å². The van der Waals surface area contributed by atoms with Crippen molar-refractivity contribution in [1.82, 2.24) is 9.80 Å². The maximum absolute atomic E-state index is 2.72. The van der Waals surface area contributed by atoms with Gasteiger partial charge in [-0.3, -0.25) is 0 Å². The molecule has 2 nitrogen and oxygen atoms in total. The number of hydrogen-bond acceptors (Lipinski definition) is 2. The molecule has 0 aromatic heterocycles. The highest BCUT2D eigenvalue weighted by Gasteiger charge is 2.24. The lowest BCUT2D eigenvalue weighted by Crippen LogP contribution is -2.39. The standard InChI is InChI=1S/C41H82N2/c1-4-7-10-13-16-19-21-22-23-24-26-29-32-35-38-43-40-39-42(37-34-31-28-25-20-17-14-11-8-5-2)41(43)36-33-30-27-18-15-12-9-6-3/h39-41H,4-38H2,1-3H3. The Morgan fingerprint density at radius 2 is 0.535 bits per heavy atom. The van der Waals surface area contributed by atoms with Crippen molar-refractivity contribution >= 4 is 0 Å². The zero-order valence-corrected chi connectivity index (χ0v) is 30.4. The van der Waals surface area contributed by atoms with Gasteiger partial charge in [-0.15, -0.1) is 0 Å². The third-order valence-electron chi connectivity index (χ3n) is 10.1. The van der Waals surface area contributed by atoms with Crippen LogP contribution in [-0.4, -0.2) is 29.1 Å². The van der Waals surface area contributed by atoms with Gasteiger partial charge in [-0.1, -0.05) is 207 Å². The summed E-state index contributed by atoms with van der Waals surface area (Å²) in [5, 5.41) is 0. The van der Waals surface area contributed by atoms with Crippen LogP contribution in [0.1, 0.15) is 233 Å². The minimum absolute atomic E-state index is 0.639. The van der Waals surface area contributed by atoms with E-state index in [0.717, 1.165) is 0 Å². The van der Waals surface area contributed by atoms with E-state index in [9.17, 15) is 0 Å². The molecule has 0 bridgehead atoms. The lowest BCUT2D eigenvalue weighted by molar-refractivity contribution is 0.135. The van der Waals surface area contributed by atoms with Gasteiger partial charge in [0.15, 0.2) is 0 Å². The van der Waals surface area contributed by atoms with E-state index in [1.54, 1.807) is 0 Å². The van der Waals surface area contributed by atoms with Crippen molar-refractivity contribution in [3.8, 4) is 0 Å². The summed E-state index contributed by atoms with van der Waals surface area (Å²) in [6.07, 6.45) is 52.9. The second-order valence-corrected chi connectivity index (χ2v) is 14.3. The molecule has 1 rings (SSSR count). The SMILES string of the molecule is CCCCCCCCCCCCCCCCN1C=CN(CCCCCCCCCCCC)C1CCCCCCCCCC. The molecule has 0 amide bonds. The van der Waals surface area contributed by atoms with E-state index >= 15 is 0 Å². The van der Waals surface area contributed by atoms with Gasteiger partial charge < -0.3 is 9.80 Å². The van der Waals surface area contributed by atoms with Gasteiger partial charge in [0.2, 0.25) is 0 Å². The first kappa shape index (κ1) is 40.4. The van der Waals surface area contributed by atoms with Crippen LogP contribution in [0, 0.1) is 0 Å². The predicted molar refractivity (Wildman–Crippen MR) is 196 cm³/mol. The molecule has 0 saturated carbocycles. The first-order chi connectivity index (χ1) is 21.3. The van der Waals surface area contributed by atoms with E-state index in [4.69, 9.17) is 0 Å². The van der Waals surface area contributed by atoms with Crippen LogP contribution in [0.25, 0.3) is 0 Å². The van der Waals surface area contributed by atoms with Gasteiger partial charge in [0.05, 0.1) is 0 Å². The van der Waals surface area contributed by atoms with E-state index in [1.165, 1.54) is 225 Å².